The Morgan fingerprint density at radius 3 is 2.92 bits per heavy atom. The largest absolute Gasteiger partial charge is 0.376 e. The summed E-state index contributed by atoms with van der Waals surface area (Å²) in [6.07, 6.45) is 5.19. The first-order valence-corrected chi connectivity index (χ1v) is 8.90. The molecule has 25 heavy (non-hydrogen) atoms. The van der Waals surface area contributed by atoms with E-state index in [0.717, 1.165) is 44.9 Å². The summed E-state index contributed by atoms with van der Waals surface area (Å²) in [5.41, 5.74) is 0.302. The van der Waals surface area contributed by atoms with Crippen molar-refractivity contribution in [2.24, 2.45) is 0 Å². The molecule has 2 aliphatic rings. The van der Waals surface area contributed by atoms with Crippen LogP contribution in [0.5, 0.6) is 0 Å². The molecule has 0 amide bonds. The highest BCUT2D eigenvalue weighted by atomic mass is 16.5. The van der Waals surface area contributed by atoms with Crippen molar-refractivity contribution in [2.45, 2.75) is 44.9 Å². The van der Waals surface area contributed by atoms with Crippen LogP contribution in [0.2, 0.25) is 0 Å². The monoisotopic (exact) mass is 348 g/mol. The van der Waals surface area contributed by atoms with Crippen molar-refractivity contribution in [1.29, 1.82) is 0 Å². The Balaban J connectivity index is 1.69. The average Bonchev–Trinajstić information content (AvgIpc) is 3.22. The fraction of sp³-hybridized carbons (Fsp3) is 0.688. The molecule has 9 heteroatoms. The van der Waals surface area contributed by atoms with E-state index in [9.17, 15) is 4.79 Å². The van der Waals surface area contributed by atoms with Gasteiger partial charge in [-0.2, -0.15) is 0 Å². The molecule has 2 fully saturated rings. The number of hydrogen-bond donors (Lipinski definition) is 2. The van der Waals surface area contributed by atoms with Gasteiger partial charge in [0, 0.05) is 25.9 Å². The minimum Gasteiger partial charge on any atom is -0.376 e. The molecule has 2 aromatic rings. The van der Waals surface area contributed by atoms with E-state index in [2.05, 4.69) is 32.2 Å². The number of nitrogens with zero attached hydrogens (tertiary/aromatic N) is 4. The van der Waals surface area contributed by atoms with Gasteiger partial charge in [0.25, 0.3) is 5.56 Å². The van der Waals surface area contributed by atoms with Crippen LogP contribution < -0.4 is 10.5 Å². The number of ether oxygens (including phenoxy) is 2. The highest BCUT2D eigenvalue weighted by molar-refractivity contribution is 5.55. The fourth-order valence-electron chi connectivity index (χ4n) is 3.52. The Labute approximate surface area is 145 Å². The van der Waals surface area contributed by atoms with Gasteiger partial charge in [-0.25, -0.2) is 0 Å². The van der Waals surface area contributed by atoms with Gasteiger partial charge >= 0.3 is 0 Å². The minimum absolute atomic E-state index is 0.124. The zero-order chi connectivity index (χ0) is 17.2. The summed E-state index contributed by atoms with van der Waals surface area (Å²) in [6.45, 7) is 5.67. The molecule has 4 rings (SSSR count). The molecule has 2 aromatic heterocycles. The number of morpholine rings is 1. The van der Waals surface area contributed by atoms with E-state index < -0.39 is 0 Å². The zero-order valence-electron chi connectivity index (χ0n) is 14.4. The maximum atomic E-state index is 12.1. The Bertz CT molecular complexity index is 760. The predicted octanol–water partition coefficient (Wildman–Crippen LogP) is 0.756. The van der Waals surface area contributed by atoms with Gasteiger partial charge in [-0.05, 0) is 26.2 Å². The average molecular weight is 348 g/mol. The van der Waals surface area contributed by atoms with Crippen molar-refractivity contribution in [3.63, 3.8) is 0 Å². The second-order valence-corrected chi connectivity index (χ2v) is 6.71. The van der Waals surface area contributed by atoms with Crippen molar-refractivity contribution >= 4 is 5.95 Å². The topological polar surface area (TPSA) is 101 Å². The first-order valence-electron chi connectivity index (χ1n) is 8.90. The number of hydrogen-bond acceptors (Lipinski definition) is 6. The number of rotatable bonds is 4. The highest BCUT2D eigenvalue weighted by Gasteiger charge is 2.27. The summed E-state index contributed by atoms with van der Waals surface area (Å²) >= 11 is 0. The molecule has 136 valence electrons. The van der Waals surface area contributed by atoms with E-state index in [1.165, 1.54) is 0 Å². The molecule has 0 radical (unpaired) electrons. The number of aromatic amines is 2. The zero-order valence-corrected chi connectivity index (χ0v) is 14.4. The summed E-state index contributed by atoms with van der Waals surface area (Å²) in [4.78, 5) is 14.2. The highest BCUT2D eigenvalue weighted by Crippen LogP contribution is 2.25. The first kappa shape index (κ1) is 16.3. The van der Waals surface area contributed by atoms with Crippen LogP contribution in [-0.2, 0) is 16.0 Å². The lowest BCUT2D eigenvalue weighted by molar-refractivity contribution is 0.00607. The smallest absolute Gasteiger partial charge is 0.274 e. The van der Waals surface area contributed by atoms with Crippen LogP contribution in [0, 0.1) is 0 Å². The maximum absolute atomic E-state index is 12.1. The van der Waals surface area contributed by atoms with Gasteiger partial charge in [0.1, 0.15) is 5.56 Å². The van der Waals surface area contributed by atoms with E-state index in [4.69, 9.17) is 9.47 Å². The summed E-state index contributed by atoms with van der Waals surface area (Å²) in [6, 6.07) is 0. The van der Waals surface area contributed by atoms with Gasteiger partial charge in [-0.3, -0.25) is 14.5 Å². The molecule has 0 aromatic carbocycles. The number of nitrogens with one attached hydrogen (secondary N) is 2. The molecular weight excluding hydrogens is 324 g/mol. The van der Waals surface area contributed by atoms with Gasteiger partial charge in [0.15, 0.2) is 5.82 Å². The molecule has 0 saturated carbocycles. The lowest BCUT2D eigenvalue weighted by atomic mass is 10.1. The fourth-order valence-corrected chi connectivity index (χ4v) is 3.52. The molecule has 2 N–H and O–H groups in total. The standard InChI is InChI=1S/C16H24N6O3/c1-11-9-21(5-7-24-11)16-20-18-14(13-8-17-19-15(13)23)22(16)10-12-4-2-3-6-25-12/h8,11-12H,2-7,9-10H2,1H3,(H2,17,19,23). The summed E-state index contributed by atoms with van der Waals surface area (Å²) in [5, 5.41) is 14.0. The van der Waals surface area contributed by atoms with Crippen molar-refractivity contribution in [3.05, 3.63) is 16.6 Å². The molecule has 2 unspecified atom stereocenters. The van der Waals surface area contributed by atoms with E-state index in [-0.39, 0.29) is 17.8 Å². The van der Waals surface area contributed by atoms with Gasteiger partial charge < -0.3 is 19.5 Å². The van der Waals surface area contributed by atoms with E-state index in [0.29, 0.717) is 24.5 Å². The van der Waals surface area contributed by atoms with E-state index >= 15 is 0 Å². The van der Waals surface area contributed by atoms with Crippen LogP contribution in [0.25, 0.3) is 11.4 Å². The Hall–Kier alpha value is -2.13. The van der Waals surface area contributed by atoms with Gasteiger partial charge in [0.05, 0.1) is 25.4 Å². The number of H-pyrrole nitrogens is 2. The molecule has 0 bridgehead atoms. The summed E-state index contributed by atoms with van der Waals surface area (Å²) in [5.74, 6) is 1.35. The van der Waals surface area contributed by atoms with E-state index in [1.54, 1.807) is 6.20 Å². The molecule has 2 atom stereocenters. The second kappa shape index (κ2) is 7.01. The Kier molecular flexibility index (Phi) is 4.58. The molecule has 0 spiro atoms. The van der Waals surface area contributed by atoms with Gasteiger partial charge in [0.2, 0.25) is 5.95 Å². The predicted molar refractivity (Wildman–Crippen MR) is 91.6 cm³/mol. The quantitative estimate of drug-likeness (QED) is 0.846. The third-order valence-corrected chi connectivity index (χ3v) is 4.80. The van der Waals surface area contributed by atoms with Crippen LogP contribution >= 0.6 is 0 Å². The number of anilines is 1. The third-order valence-electron chi connectivity index (χ3n) is 4.80. The van der Waals surface area contributed by atoms with Crippen LogP contribution in [0.1, 0.15) is 26.2 Å². The molecule has 4 heterocycles. The summed E-state index contributed by atoms with van der Waals surface area (Å²) < 4.78 is 13.6. The van der Waals surface area contributed by atoms with Crippen molar-refractivity contribution in [1.82, 2.24) is 25.0 Å². The van der Waals surface area contributed by atoms with Crippen LogP contribution in [-0.4, -0.2) is 63.5 Å². The molecule has 2 saturated heterocycles. The lowest BCUT2D eigenvalue weighted by Crippen LogP contribution is -2.43. The SMILES string of the molecule is CC1CN(c2nnc(-c3c[nH][nH]c3=O)n2CC2CCCCO2)CCO1. The number of aromatic nitrogens is 5. The van der Waals surface area contributed by atoms with Crippen LogP contribution in [0.15, 0.2) is 11.0 Å². The normalized spacial score (nSPS) is 24.6. The van der Waals surface area contributed by atoms with Crippen LogP contribution in [0.4, 0.5) is 5.95 Å². The Morgan fingerprint density at radius 1 is 1.28 bits per heavy atom. The second-order valence-electron chi connectivity index (χ2n) is 6.71. The third kappa shape index (κ3) is 3.34. The molecule has 9 nitrogen and oxygen atoms in total. The van der Waals surface area contributed by atoms with Crippen LogP contribution in [0.3, 0.4) is 0 Å². The van der Waals surface area contributed by atoms with Gasteiger partial charge in [-0.15, -0.1) is 10.2 Å². The van der Waals surface area contributed by atoms with Crippen molar-refractivity contribution < 1.29 is 9.47 Å². The summed E-state index contributed by atoms with van der Waals surface area (Å²) in [7, 11) is 0. The van der Waals surface area contributed by atoms with Crippen molar-refractivity contribution in [2.75, 3.05) is 31.2 Å². The maximum Gasteiger partial charge on any atom is 0.274 e. The molecular formula is C16H24N6O3. The van der Waals surface area contributed by atoms with Crippen molar-refractivity contribution in [3.8, 4) is 11.4 Å². The minimum atomic E-state index is -0.194. The first-order chi connectivity index (χ1) is 12.2. The Morgan fingerprint density at radius 2 is 2.20 bits per heavy atom. The molecule has 0 aliphatic carbocycles. The lowest BCUT2D eigenvalue weighted by Gasteiger charge is -2.32. The van der Waals surface area contributed by atoms with E-state index in [1.807, 2.05) is 4.57 Å². The molecule has 2 aliphatic heterocycles. The van der Waals surface area contributed by atoms with Gasteiger partial charge in [-0.1, -0.05) is 0 Å².